The van der Waals surface area contributed by atoms with E-state index >= 15 is 0 Å². The quantitative estimate of drug-likeness (QED) is 0.338. The Hall–Kier alpha value is -3.06. The van der Waals surface area contributed by atoms with Crippen LogP contribution in [-0.4, -0.2) is 0 Å². The molecular weight excluding hydrogens is 398 g/mol. The minimum absolute atomic E-state index is 0.115. The summed E-state index contributed by atoms with van der Waals surface area (Å²) in [5, 5.41) is 6.44. The molecule has 0 atom stereocenters. The lowest BCUT2D eigenvalue weighted by Gasteiger charge is -2.25. The second-order valence-corrected chi connectivity index (χ2v) is 10.6. The van der Waals surface area contributed by atoms with Gasteiger partial charge in [-0.3, -0.25) is 0 Å². The Morgan fingerprint density at radius 1 is 0.697 bits per heavy atom. The summed E-state index contributed by atoms with van der Waals surface area (Å²) in [5.41, 5.74) is 7.95. The Morgan fingerprint density at radius 2 is 1.42 bits per heavy atom. The van der Waals surface area contributed by atoms with Gasteiger partial charge in [0.1, 0.15) is 0 Å². The van der Waals surface area contributed by atoms with Crippen molar-refractivity contribution in [3.05, 3.63) is 96.1 Å². The second kappa shape index (κ2) is 9.06. The molecule has 0 radical (unpaired) electrons. The summed E-state index contributed by atoms with van der Waals surface area (Å²) >= 11 is 0. The Bertz CT molecular complexity index is 1250. The monoisotopic (exact) mass is 433 g/mol. The van der Waals surface area contributed by atoms with Crippen molar-refractivity contribution in [1.82, 2.24) is 0 Å². The van der Waals surface area contributed by atoms with Crippen LogP contribution in [0.4, 0.5) is 11.4 Å². The molecule has 5 rings (SSSR count). The standard InChI is InChI=1S/C32H35N/c1-32(2,3)30-21-20-26(28-17-7-8-18-29(28)30)24-14-11-15-25(22-24)33-31-19-10-9-16-27(31)23-12-5-4-6-13-23/h7-11,14-23,33H,4-6,12-13H2,1-3H3. The highest BCUT2D eigenvalue weighted by atomic mass is 14.9. The van der Waals surface area contributed by atoms with Crippen molar-refractivity contribution >= 4 is 22.1 Å². The van der Waals surface area contributed by atoms with Crippen molar-refractivity contribution < 1.29 is 0 Å². The van der Waals surface area contributed by atoms with Crippen molar-refractivity contribution in [2.45, 2.75) is 64.2 Å². The van der Waals surface area contributed by atoms with Crippen molar-refractivity contribution in [1.29, 1.82) is 0 Å². The van der Waals surface area contributed by atoms with Gasteiger partial charge in [0.05, 0.1) is 0 Å². The van der Waals surface area contributed by atoms with Crippen LogP contribution in [0.25, 0.3) is 21.9 Å². The van der Waals surface area contributed by atoms with E-state index in [0.717, 1.165) is 5.69 Å². The van der Waals surface area contributed by atoms with E-state index < -0.39 is 0 Å². The molecule has 1 heteroatoms. The summed E-state index contributed by atoms with van der Waals surface area (Å²) in [4.78, 5) is 0. The van der Waals surface area contributed by atoms with Gasteiger partial charge in [-0.05, 0) is 75.4 Å². The van der Waals surface area contributed by atoms with Crippen molar-refractivity contribution in [2.75, 3.05) is 5.32 Å². The average molecular weight is 434 g/mol. The van der Waals surface area contributed by atoms with Gasteiger partial charge in [-0.2, -0.15) is 0 Å². The maximum atomic E-state index is 3.76. The van der Waals surface area contributed by atoms with Gasteiger partial charge in [0.2, 0.25) is 0 Å². The Morgan fingerprint density at radius 3 is 2.21 bits per heavy atom. The maximum absolute atomic E-state index is 3.76. The molecule has 0 amide bonds. The number of fused-ring (bicyclic) bond motifs is 1. The molecule has 4 aromatic rings. The van der Waals surface area contributed by atoms with Crippen LogP contribution in [-0.2, 0) is 5.41 Å². The molecule has 1 N–H and O–H groups in total. The van der Waals surface area contributed by atoms with Crippen LogP contribution in [0.2, 0.25) is 0 Å². The summed E-state index contributed by atoms with van der Waals surface area (Å²) in [6.45, 7) is 6.88. The molecule has 0 saturated heterocycles. The summed E-state index contributed by atoms with van der Waals surface area (Å²) < 4.78 is 0. The Kier molecular flexibility index (Phi) is 5.98. The first-order valence-corrected chi connectivity index (χ1v) is 12.5. The Balaban J connectivity index is 1.51. The first-order chi connectivity index (χ1) is 16.0. The van der Waals surface area contributed by atoms with Crippen molar-refractivity contribution in [3.8, 4) is 11.1 Å². The van der Waals surface area contributed by atoms with Gasteiger partial charge >= 0.3 is 0 Å². The van der Waals surface area contributed by atoms with Gasteiger partial charge in [0.25, 0.3) is 0 Å². The smallest absolute Gasteiger partial charge is 0.0419 e. The highest BCUT2D eigenvalue weighted by molar-refractivity contribution is 5.99. The highest BCUT2D eigenvalue weighted by Crippen LogP contribution is 2.39. The predicted molar refractivity (Wildman–Crippen MR) is 144 cm³/mol. The molecule has 0 heterocycles. The van der Waals surface area contributed by atoms with Crippen molar-refractivity contribution in [3.63, 3.8) is 0 Å². The van der Waals surface area contributed by atoms with E-state index in [4.69, 9.17) is 0 Å². The number of rotatable bonds is 4. The number of benzene rings is 4. The molecular formula is C32H35N. The first-order valence-electron chi connectivity index (χ1n) is 12.5. The van der Waals surface area contributed by atoms with E-state index in [9.17, 15) is 0 Å². The lowest BCUT2D eigenvalue weighted by Crippen LogP contribution is -2.11. The number of anilines is 2. The van der Waals surface area contributed by atoms with Gasteiger partial charge in [0.15, 0.2) is 0 Å². The largest absolute Gasteiger partial charge is 0.355 e. The predicted octanol–water partition coefficient (Wildman–Crippen LogP) is 9.60. The SMILES string of the molecule is CC(C)(C)c1ccc(-c2cccc(Nc3ccccc3C3CCCCC3)c2)c2ccccc12. The van der Waals surface area contributed by atoms with E-state index in [1.165, 1.54) is 70.8 Å². The van der Waals surface area contributed by atoms with Crippen LogP contribution >= 0.6 is 0 Å². The average Bonchev–Trinajstić information content (AvgIpc) is 2.84. The second-order valence-electron chi connectivity index (χ2n) is 10.6. The number of nitrogens with one attached hydrogen (secondary N) is 1. The fraction of sp³-hybridized carbons (Fsp3) is 0.312. The third-order valence-corrected chi connectivity index (χ3v) is 7.19. The molecule has 168 valence electrons. The molecule has 1 saturated carbocycles. The molecule has 1 nitrogen and oxygen atoms in total. The van der Waals surface area contributed by atoms with E-state index in [1.54, 1.807) is 0 Å². The van der Waals surface area contributed by atoms with Gasteiger partial charge in [0, 0.05) is 11.4 Å². The van der Waals surface area contributed by atoms with E-state index in [-0.39, 0.29) is 5.41 Å². The molecule has 1 aliphatic carbocycles. The molecule has 0 unspecified atom stereocenters. The van der Waals surface area contributed by atoms with Gasteiger partial charge < -0.3 is 5.32 Å². The zero-order chi connectivity index (χ0) is 22.8. The number of hydrogen-bond donors (Lipinski definition) is 1. The minimum Gasteiger partial charge on any atom is -0.355 e. The zero-order valence-electron chi connectivity index (χ0n) is 20.2. The number of hydrogen-bond acceptors (Lipinski definition) is 1. The lowest BCUT2D eigenvalue weighted by atomic mass is 9.82. The normalized spacial score (nSPS) is 15.0. The molecule has 4 aromatic carbocycles. The molecule has 1 aliphatic rings. The van der Waals surface area contributed by atoms with Crippen LogP contribution in [0.5, 0.6) is 0 Å². The lowest BCUT2D eigenvalue weighted by molar-refractivity contribution is 0.444. The molecule has 33 heavy (non-hydrogen) atoms. The summed E-state index contributed by atoms with van der Waals surface area (Å²) in [6.07, 6.45) is 6.71. The van der Waals surface area contributed by atoms with Gasteiger partial charge in [-0.25, -0.2) is 0 Å². The van der Waals surface area contributed by atoms with E-state index in [0.29, 0.717) is 5.92 Å². The van der Waals surface area contributed by atoms with Crippen LogP contribution < -0.4 is 5.32 Å². The summed E-state index contributed by atoms with van der Waals surface area (Å²) in [6, 6.07) is 31.3. The topological polar surface area (TPSA) is 12.0 Å². The van der Waals surface area contributed by atoms with Crippen LogP contribution in [0.3, 0.4) is 0 Å². The van der Waals surface area contributed by atoms with Gasteiger partial charge in [-0.15, -0.1) is 0 Å². The molecule has 0 aromatic heterocycles. The minimum atomic E-state index is 0.115. The van der Waals surface area contributed by atoms with Crippen molar-refractivity contribution in [2.24, 2.45) is 0 Å². The third kappa shape index (κ3) is 4.55. The molecule has 0 bridgehead atoms. The van der Waals surface area contributed by atoms with Crippen LogP contribution in [0, 0.1) is 0 Å². The highest BCUT2D eigenvalue weighted by Gasteiger charge is 2.20. The van der Waals surface area contributed by atoms with E-state index in [1.807, 2.05) is 0 Å². The Labute approximate surface area is 198 Å². The van der Waals surface area contributed by atoms with Crippen LogP contribution in [0.15, 0.2) is 84.9 Å². The summed E-state index contributed by atoms with van der Waals surface area (Å²) in [7, 11) is 0. The molecule has 1 fully saturated rings. The zero-order valence-corrected chi connectivity index (χ0v) is 20.2. The maximum Gasteiger partial charge on any atom is 0.0419 e. The fourth-order valence-corrected chi connectivity index (χ4v) is 5.51. The van der Waals surface area contributed by atoms with Crippen LogP contribution in [0.1, 0.15) is 69.9 Å². The molecule has 0 spiro atoms. The van der Waals surface area contributed by atoms with E-state index in [2.05, 4.69) is 111 Å². The third-order valence-electron chi connectivity index (χ3n) is 7.19. The number of para-hydroxylation sites is 1. The fourth-order valence-electron chi connectivity index (χ4n) is 5.51. The first kappa shape index (κ1) is 21.8. The summed E-state index contributed by atoms with van der Waals surface area (Å²) in [5.74, 6) is 0.680. The van der Waals surface area contributed by atoms with Gasteiger partial charge in [-0.1, -0.05) is 107 Å². The molecule has 0 aliphatic heterocycles.